The number of esters is 1. The van der Waals surface area contributed by atoms with E-state index in [2.05, 4.69) is 29.2 Å². The molecule has 2 fully saturated rings. The lowest BCUT2D eigenvalue weighted by Gasteiger charge is -2.30. The second-order valence-corrected chi connectivity index (χ2v) is 6.85. The smallest absolute Gasteiger partial charge is 0.309 e. The Morgan fingerprint density at radius 2 is 1.79 bits per heavy atom. The van der Waals surface area contributed by atoms with Crippen molar-refractivity contribution in [2.75, 3.05) is 37.7 Å². The van der Waals surface area contributed by atoms with Crippen LogP contribution in [0.5, 0.6) is 0 Å². The molecule has 2 heterocycles. The lowest BCUT2D eigenvalue weighted by Crippen LogP contribution is -2.39. The zero-order valence-corrected chi connectivity index (χ0v) is 14.3. The van der Waals surface area contributed by atoms with Crippen molar-refractivity contribution in [2.24, 2.45) is 11.8 Å². The van der Waals surface area contributed by atoms with Gasteiger partial charge in [-0.2, -0.15) is 0 Å². The number of anilines is 1. The highest BCUT2D eigenvalue weighted by molar-refractivity contribution is 5.75. The van der Waals surface area contributed by atoms with Gasteiger partial charge in [0.15, 0.2) is 0 Å². The van der Waals surface area contributed by atoms with Crippen LogP contribution >= 0.6 is 0 Å². The second-order valence-electron chi connectivity index (χ2n) is 6.85. The molecule has 5 nitrogen and oxygen atoms in total. The Balaban J connectivity index is 1.40. The molecule has 1 unspecified atom stereocenters. The molecule has 1 atom stereocenters. The van der Waals surface area contributed by atoms with Gasteiger partial charge in [0.2, 0.25) is 5.91 Å². The van der Waals surface area contributed by atoms with Gasteiger partial charge in [-0.05, 0) is 31.4 Å². The normalized spacial score (nSPS) is 21.8. The maximum absolute atomic E-state index is 12.2. The summed E-state index contributed by atoms with van der Waals surface area (Å²) in [5.74, 6) is 0.365. The zero-order valence-electron chi connectivity index (χ0n) is 14.3. The monoisotopic (exact) mass is 330 g/mol. The molecule has 0 aliphatic carbocycles. The molecular weight excluding hydrogens is 304 g/mol. The van der Waals surface area contributed by atoms with Gasteiger partial charge < -0.3 is 14.5 Å². The minimum absolute atomic E-state index is 0.0489. The number of ether oxygens (including phenoxy) is 1. The maximum Gasteiger partial charge on any atom is 0.309 e. The molecular formula is C19H26N2O3. The zero-order chi connectivity index (χ0) is 16.9. The first-order valence-corrected chi connectivity index (χ1v) is 8.85. The minimum Gasteiger partial charge on any atom is -0.465 e. The number of piperidine rings is 1. The van der Waals surface area contributed by atoms with Gasteiger partial charge >= 0.3 is 5.97 Å². The molecule has 2 aliphatic heterocycles. The molecule has 1 aromatic carbocycles. The Morgan fingerprint density at radius 1 is 1.08 bits per heavy atom. The van der Waals surface area contributed by atoms with Gasteiger partial charge in [0, 0.05) is 44.7 Å². The molecule has 24 heavy (non-hydrogen) atoms. The Morgan fingerprint density at radius 3 is 2.46 bits per heavy atom. The topological polar surface area (TPSA) is 49.9 Å². The SMILES string of the molecule is CC(=O)N1CCC(C(=O)OCC2CCN(c3ccccc3)C2)CC1. The maximum atomic E-state index is 12.2. The van der Waals surface area contributed by atoms with Crippen LogP contribution < -0.4 is 4.90 Å². The van der Waals surface area contributed by atoms with Crippen LogP contribution in [0.25, 0.3) is 0 Å². The lowest BCUT2D eigenvalue weighted by molar-refractivity contribution is -0.152. The van der Waals surface area contributed by atoms with E-state index in [0.717, 1.165) is 32.4 Å². The summed E-state index contributed by atoms with van der Waals surface area (Å²) >= 11 is 0. The van der Waals surface area contributed by atoms with Crippen LogP contribution in [-0.2, 0) is 14.3 Å². The molecule has 0 aromatic heterocycles. The number of hydrogen-bond donors (Lipinski definition) is 0. The van der Waals surface area contributed by atoms with Crippen molar-refractivity contribution < 1.29 is 14.3 Å². The predicted molar refractivity (Wildman–Crippen MR) is 92.7 cm³/mol. The summed E-state index contributed by atoms with van der Waals surface area (Å²) in [6, 6.07) is 10.4. The van der Waals surface area contributed by atoms with Crippen molar-refractivity contribution in [2.45, 2.75) is 26.2 Å². The number of likely N-dealkylation sites (tertiary alicyclic amines) is 1. The minimum atomic E-state index is -0.0867. The second kappa shape index (κ2) is 7.69. The number of carbonyl (C=O) groups excluding carboxylic acids is 2. The molecule has 0 N–H and O–H groups in total. The molecule has 0 spiro atoms. The Labute approximate surface area is 143 Å². The summed E-state index contributed by atoms with van der Waals surface area (Å²) in [7, 11) is 0. The van der Waals surface area contributed by atoms with E-state index in [1.807, 2.05) is 6.07 Å². The van der Waals surface area contributed by atoms with Crippen molar-refractivity contribution in [3.05, 3.63) is 30.3 Å². The number of para-hydroxylation sites is 1. The van der Waals surface area contributed by atoms with Gasteiger partial charge in [-0.15, -0.1) is 0 Å². The van der Waals surface area contributed by atoms with Crippen molar-refractivity contribution >= 4 is 17.6 Å². The molecule has 0 saturated carbocycles. The van der Waals surface area contributed by atoms with Gasteiger partial charge in [0.05, 0.1) is 12.5 Å². The van der Waals surface area contributed by atoms with Crippen molar-refractivity contribution in [1.29, 1.82) is 0 Å². The van der Waals surface area contributed by atoms with Crippen molar-refractivity contribution in [1.82, 2.24) is 4.90 Å². The molecule has 0 radical (unpaired) electrons. The van der Waals surface area contributed by atoms with E-state index in [-0.39, 0.29) is 17.8 Å². The lowest BCUT2D eigenvalue weighted by atomic mass is 9.97. The first-order valence-electron chi connectivity index (χ1n) is 8.85. The summed E-state index contributed by atoms with van der Waals surface area (Å²) in [5, 5.41) is 0. The Hall–Kier alpha value is -2.04. The quantitative estimate of drug-likeness (QED) is 0.795. The van der Waals surface area contributed by atoms with Gasteiger partial charge in [0.25, 0.3) is 0 Å². The Bertz CT molecular complexity index is 567. The third-order valence-corrected chi connectivity index (χ3v) is 5.14. The predicted octanol–water partition coefficient (Wildman–Crippen LogP) is 2.31. The van der Waals surface area contributed by atoms with E-state index in [1.54, 1.807) is 11.8 Å². The molecule has 0 bridgehead atoms. The number of rotatable bonds is 4. The van der Waals surface area contributed by atoms with Crippen LogP contribution in [0.3, 0.4) is 0 Å². The first kappa shape index (κ1) is 16.8. The molecule has 2 saturated heterocycles. The van der Waals surface area contributed by atoms with Gasteiger partial charge in [-0.25, -0.2) is 0 Å². The third kappa shape index (κ3) is 4.08. The van der Waals surface area contributed by atoms with E-state index in [1.165, 1.54) is 5.69 Å². The summed E-state index contributed by atoms with van der Waals surface area (Å²) < 4.78 is 5.58. The highest BCUT2D eigenvalue weighted by atomic mass is 16.5. The van der Waals surface area contributed by atoms with Gasteiger partial charge in [-0.3, -0.25) is 9.59 Å². The summed E-state index contributed by atoms with van der Waals surface area (Å²) in [4.78, 5) is 27.7. The summed E-state index contributed by atoms with van der Waals surface area (Å²) in [6.45, 7) is 5.39. The van der Waals surface area contributed by atoms with Crippen LogP contribution in [0.15, 0.2) is 30.3 Å². The number of hydrogen-bond acceptors (Lipinski definition) is 4. The first-order chi connectivity index (χ1) is 11.6. The molecule has 3 rings (SSSR count). The van der Waals surface area contributed by atoms with Crippen molar-refractivity contribution in [3.8, 4) is 0 Å². The van der Waals surface area contributed by atoms with Crippen molar-refractivity contribution in [3.63, 3.8) is 0 Å². The number of carbonyl (C=O) groups is 2. The van der Waals surface area contributed by atoms with E-state index in [0.29, 0.717) is 25.6 Å². The van der Waals surface area contributed by atoms with E-state index < -0.39 is 0 Å². The number of benzene rings is 1. The highest BCUT2D eigenvalue weighted by Crippen LogP contribution is 2.24. The summed E-state index contributed by atoms with van der Waals surface area (Å²) in [6.07, 6.45) is 2.50. The highest BCUT2D eigenvalue weighted by Gasteiger charge is 2.29. The fraction of sp³-hybridized carbons (Fsp3) is 0.579. The van der Waals surface area contributed by atoms with E-state index in [9.17, 15) is 9.59 Å². The van der Waals surface area contributed by atoms with Crippen LogP contribution in [0.1, 0.15) is 26.2 Å². The van der Waals surface area contributed by atoms with Gasteiger partial charge in [0.1, 0.15) is 0 Å². The van der Waals surface area contributed by atoms with E-state index in [4.69, 9.17) is 4.74 Å². The average molecular weight is 330 g/mol. The number of nitrogens with zero attached hydrogens (tertiary/aromatic N) is 2. The molecule has 1 amide bonds. The standard InChI is InChI=1S/C19H26N2O3/c1-15(22)20-11-8-17(9-12-20)19(23)24-14-16-7-10-21(13-16)18-5-3-2-4-6-18/h2-6,16-17H,7-14H2,1H3. The van der Waals surface area contributed by atoms with E-state index >= 15 is 0 Å². The summed E-state index contributed by atoms with van der Waals surface area (Å²) in [5.41, 5.74) is 1.24. The molecule has 2 aliphatic rings. The van der Waals surface area contributed by atoms with Crippen LogP contribution in [0.4, 0.5) is 5.69 Å². The van der Waals surface area contributed by atoms with Crippen LogP contribution in [0, 0.1) is 11.8 Å². The molecule has 130 valence electrons. The average Bonchev–Trinajstić information content (AvgIpc) is 3.09. The fourth-order valence-electron chi connectivity index (χ4n) is 3.59. The largest absolute Gasteiger partial charge is 0.465 e. The molecule has 5 heteroatoms. The Kier molecular flexibility index (Phi) is 5.38. The molecule has 1 aromatic rings. The third-order valence-electron chi connectivity index (χ3n) is 5.14. The fourth-order valence-corrected chi connectivity index (χ4v) is 3.59. The van der Waals surface area contributed by atoms with Gasteiger partial charge in [-0.1, -0.05) is 18.2 Å². The van der Waals surface area contributed by atoms with Crippen LogP contribution in [0.2, 0.25) is 0 Å². The van der Waals surface area contributed by atoms with Crippen LogP contribution in [-0.4, -0.2) is 49.6 Å². The number of amides is 1.